The van der Waals surface area contributed by atoms with Crippen molar-refractivity contribution in [3.05, 3.63) is 28.8 Å². The number of benzene rings is 1. The molecule has 2 rings (SSSR count). The number of amides is 1. The number of halogens is 4. The van der Waals surface area contributed by atoms with Gasteiger partial charge in [-0.2, -0.15) is 13.2 Å². The van der Waals surface area contributed by atoms with E-state index in [9.17, 15) is 18.0 Å². The number of nitrogens with one attached hydrogen (secondary N) is 1. The van der Waals surface area contributed by atoms with Crippen molar-refractivity contribution < 1.29 is 18.0 Å². The molecule has 1 aliphatic heterocycles. The van der Waals surface area contributed by atoms with Gasteiger partial charge in [0.1, 0.15) is 0 Å². The van der Waals surface area contributed by atoms with Crippen molar-refractivity contribution >= 4 is 23.2 Å². The molecule has 7 heteroatoms. The number of rotatable bonds is 4. The highest BCUT2D eigenvalue weighted by Crippen LogP contribution is 2.36. The molecule has 1 N–H and O–H groups in total. The minimum Gasteiger partial charge on any atom is -0.385 e. The zero-order valence-electron chi connectivity index (χ0n) is 12.8. The van der Waals surface area contributed by atoms with Crippen molar-refractivity contribution in [3.8, 4) is 0 Å². The van der Waals surface area contributed by atoms with E-state index in [0.717, 1.165) is 44.8 Å². The SMILES string of the molecule is O=C(CCNc1ccc(Cl)c(C(F)(F)F)c1)N1CCCCCC1. The van der Waals surface area contributed by atoms with Crippen LogP contribution in [-0.2, 0) is 11.0 Å². The van der Waals surface area contributed by atoms with Crippen LogP contribution in [0.3, 0.4) is 0 Å². The lowest BCUT2D eigenvalue weighted by Gasteiger charge is -2.20. The highest BCUT2D eigenvalue weighted by molar-refractivity contribution is 6.31. The minimum atomic E-state index is -4.49. The largest absolute Gasteiger partial charge is 0.417 e. The second kappa shape index (κ2) is 7.90. The zero-order valence-corrected chi connectivity index (χ0v) is 13.5. The monoisotopic (exact) mass is 348 g/mol. The Morgan fingerprint density at radius 1 is 1.17 bits per heavy atom. The first kappa shape index (κ1) is 17.9. The maximum absolute atomic E-state index is 12.8. The number of carbonyl (C=O) groups excluding carboxylic acids is 1. The van der Waals surface area contributed by atoms with E-state index < -0.39 is 11.7 Å². The third-order valence-corrected chi connectivity index (χ3v) is 4.23. The van der Waals surface area contributed by atoms with E-state index >= 15 is 0 Å². The smallest absolute Gasteiger partial charge is 0.385 e. The number of anilines is 1. The Bertz CT molecular complexity index is 541. The minimum absolute atomic E-state index is 0.0457. The van der Waals surface area contributed by atoms with Gasteiger partial charge in [0.25, 0.3) is 0 Å². The van der Waals surface area contributed by atoms with E-state index in [-0.39, 0.29) is 17.4 Å². The highest BCUT2D eigenvalue weighted by atomic mass is 35.5. The molecule has 1 heterocycles. The Labute approximate surface area is 138 Å². The summed E-state index contributed by atoms with van der Waals surface area (Å²) in [6.45, 7) is 1.85. The fourth-order valence-electron chi connectivity index (χ4n) is 2.64. The lowest BCUT2D eigenvalue weighted by atomic mass is 10.2. The number of alkyl halides is 3. The van der Waals surface area contributed by atoms with Crippen molar-refractivity contribution in [3.63, 3.8) is 0 Å². The molecule has 1 aromatic rings. The molecule has 0 saturated carbocycles. The first-order valence-corrected chi connectivity index (χ1v) is 8.14. The lowest BCUT2D eigenvalue weighted by molar-refractivity contribution is -0.137. The van der Waals surface area contributed by atoms with Crippen LogP contribution in [0.5, 0.6) is 0 Å². The molecule has 1 saturated heterocycles. The van der Waals surface area contributed by atoms with E-state index in [1.54, 1.807) is 0 Å². The average Bonchev–Trinajstić information content (AvgIpc) is 2.77. The third-order valence-electron chi connectivity index (χ3n) is 3.90. The van der Waals surface area contributed by atoms with Crippen LogP contribution in [-0.4, -0.2) is 30.4 Å². The Morgan fingerprint density at radius 3 is 2.43 bits per heavy atom. The molecule has 1 fully saturated rings. The Balaban J connectivity index is 1.87. The van der Waals surface area contributed by atoms with Crippen molar-refractivity contribution in [2.24, 2.45) is 0 Å². The van der Waals surface area contributed by atoms with Crippen LogP contribution in [0.25, 0.3) is 0 Å². The summed E-state index contributed by atoms with van der Waals surface area (Å²) in [6, 6.07) is 3.66. The summed E-state index contributed by atoms with van der Waals surface area (Å²) in [5.41, 5.74) is -0.562. The summed E-state index contributed by atoms with van der Waals surface area (Å²) in [4.78, 5) is 14.0. The van der Waals surface area contributed by atoms with Gasteiger partial charge in [-0.05, 0) is 31.0 Å². The van der Waals surface area contributed by atoms with Crippen LogP contribution in [0.1, 0.15) is 37.7 Å². The molecule has 0 radical (unpaired) electrons. The van der Waals surface area contributed by atoms with Crippen molar-refractivity contribution in [1.82, 2.24) is 4.90 Å². The molecule has 0 spiro atoms. The van der Waals surface area contributed by atoms with Crippen molar-refractivity contribution in [1.29, 1.82) is 0 Å². The van der Waals surface area contributed by atoms with Gasteiger partial charge in [-0.25, -0.2) is 0 Å². The predicted molar refractivity (Wildman–Crippen MR) is 84.6 cm³/mol. The fourth-order valence-corrected chi connectivity index (χ4v) is 2.87. The molecule has 1 aliphatic rings. The van der Waals surface area contributed by atoms with E-state index in [1.807, 2.05) is 4.90 Å². The number of likely N-dealkylation sites (tertiary alicyclic amines) is 1. The van der Waals surface area contributed by atoms with Gasteiger partial charge >= 0.3 is 6.18 Å². The predicted octanol–water partition coefficient (Wildman–Crippen LogP) is 4.56. The van der Waals surface area contributed by atoms with E-state index in [0.29, 0.717) is 12.2 Å². The quantitative estimate of drug-likeness (QED) is 0.864. The van der Waals surface area contributed by atoms with Gasteiger partial charge in [0.15, 0.2) is 0 Å². The van der Waals surface area contributed by atoms with E-state index in [4.69, 9.17) is 11.6 Å². The second-order valence-corrected chi connectivity index (χ2v) is 6.07. The summed E-state index contributed by atoms with van der Waals surface area (Å²) in [5.74, 6) is 0.0457. The van der Waals surface area contributed by atoms with Crippen molar-refractivity contribution in [2.45, 2.75) is 38.3 Å². The number of carbonyl (C=O) groups is 1. The first-order valence-electron chi connectivity index (χ1n) is 7.76. The van der Waals surface area contributed by atoms with Crippen LogP contribution in [0.4, 0.5) is 18.9 Å². The Hall–Kier alpha value is -1.43. The summed E-state index contributed by atoms with van der Waals surface area (Å²) in [6.07, 6.45) is 0.108. The van der Waals surface area contributed by atoms with E-state index in [2.05, 4.69) is 5.32 Å². The van der Waals surface area contributed by atoms with E-state index in [1.165, 1.54) is 12.1 Å². The standard InChI is InChI=1S/C16H20ClF3N2O/c17-14-6-5-12(11-13(14)16(18,19)20)21-8-7-15(23)22-9-3-1-2-4-10-22/h5-6,11,21H,1-4,7-10H2. The summed E-state index contributed by atoms with van der Waals surface area (Å²) >= 11 is 5.57. The molecule has 128 valence electrons. The molecule has 0 atom stereocenters. The molecule has 1 aromatic carbocycles. The molecule has 23 heavy (non-hydrogen) atoms. The first-order chi connectivity index (χ1) is 10.9. The normalized spacial score (nSPS) is 16.1. The average molecular weight is 349 g/mol. The maximum atomic E-state index is 12.8. The van der Waals surface area contributed by atoms with Crippen molar-refractivity contribution in [2.75, 3.05) is 25.0 Å². The second-order valence-electron chi connectivity index (χ2n) is 5.66. The van der Waals surface area contributed by atoms with Crippen LogP contribution in [0.2, 0.25) is 5.02 Å². The molecule has 3 nitrogen and oxygen atoms in total. The van der Waals surface area contributed by atoms with Gasteiger partial charge < -0.3 is 10.2 Å². The molecule has 1 amide bonds. The van der Waals surface area contributed by atoms with Crippen LogP contribution in [0.15, 0.2) is 18.2 Å². The Morgan fingerprint density at radius 2 is 1.83 bits per heavy atom. The highest BCUT2D eigenvalue weighted by Gasteiger charge is 2.33. The molecule has 0 unspecified atom stereocenters. The molecule has 0 aliphatic carbocycles. The third kappa shape index (κ3) is 5.30. The van der Waals surface area contributed by atoms with Gasteiger partial charge in [-0.3, -0.25) is 4.79 Å². The lowest BCUT2D eigenvalue weighted by Crippen LogP contribution is -2.32. The maximum Gasteiger partial charge on any atom is 0.417 e. The summed E-state index contributed by atoms with van der Waals surface area (Å²) < 4.78 is 38.4. The van der Waals surface area contributed by atoms with Crippen LogP contribution < -0.4 is 5.32 Å². The Kier molecular flexibility index (Phi) is 6.16. The molecular weight excluding hydrogens is 329 g/mol. The molecule has 0 aromatic heterocycles. The summed E-state index contributed by atoms with van der Waals surface area (Å²) in [5, 5.41) is 2.53. The molecular formula is C16H20ClF3N2O. The van der Waals surface area contributed by atoms with Gasteiger partial charge in [-0.1, -0.05) is 24.4 Å². The number of hydrogen-bond donors (Lipinski definition) is 1. The van der Waals surface area contributed by atoms with Gasteiger partial charge in [0.2, 0.25) is 5.91 Å². The van der Waals surface area contributed by atoms with Gasteiger partial charge in [-0.15, -0.1) is 0 Å². The van der Waals surface area contributed by atoms with Crippen LogP contribution >= 0.6 is 11.6 Å². The topological polar surface area (TPSA) is 32.3 Å². The molecule has 0 bridgehead atoms. The number of hydrogen-bond acceptors (Lipinski definition) is 2. The number of nitrogens with zero attached hydrogens (tertiary/aromatic N) is 1. The van der Waals surface area contributed by atoms with Gasteiger partial charge in [0, 0.05) is 31.7 Å². The summed E-state index contributed by atoms with van der Waals surface area (Å²) in [7, 11) is 0. The fraction of sp³-hybridized carbons (Fsp3) is 0.562. The van der Waals surface area contributed by atoms with Gasteiger partial charge in [0.05, 0.1) is 10.6 Å². The van der Waals surface area contributed by atoms with Crippen LogP contribution in [0, 0.1) is 0 Å². The zero-order chi connectivity index (χ0) is 16.9.